The SMILES string of the molecule is CON(Cc1ccccc1)C(=O)N1CCc2ccccc2C1c1cc(Cl)ccc1OC(C)=O. The Bertz CT molecular complexity index is 1150. The van der Waals surface area contributed by atoms with Gasteiger partial charge in [-0.2, -0.15) is 5.06 Å². The fourth-order valence-electron chi connectivity index (χ4n) is 4.19. The lowest BCUT2D eigenvalue weighted by atomic mass is 9.88. The van der Waals surface area contributed by atoms with E-state index in [1.165, 1.54) is 19.1 Å². The van der Waals surface area contributed by atoms with Crippen molar-refractivity contribution in [1.29, 1.82) is 0 Å². The van der Waals surface area contributed by atoms with E-state index < -0.39 is 12.0 Å². The van der Waals surface area contributed by atoms with Gasteiger partial charge in [0.1, 0.15) is 5.75 Å². The molecule has 0 aliphatic carbocycles. The number of amides is 2. The first-order chi connectivity index (χ1) is 16.0. The van der Waals surface area contributed by atoms with Gasteiger partial charge >= 0.3 is 12.0 Å². The Morgan fingerprint density at radius 3 is 2.48 bits per heavy atom. The van der Waals surface area contributed by atoms with Crippen LogP contribution in [0.5, 0.6) is 5.75 Å². The molecule has 3 aromatic carbocycles. The van der Waals surface area contributed by atoms with Gasteiger partial charge in [0.2, 0.25) is 0 Å². The third kappa shape index (κ3) is 5.02. The van der Waals surface area contributed by atoms with Gasteiger partial charge in [0.05, 0.1) is 19.7 Å². The molecule has 170 valence electrons. The maximum absolute atomic E-state index is 13.7. The van der Waals surface area contributed by atoms with Crippen molar-refractivity contribution in [3.8, 4) is 5.75 Å². The summed E-state index contributed by atoms with van der Waals surface area (Å²) in [6, 6.07) is 21.9. The number of hydrogen-bond donors (Lipinski definition) is 0. The van der Waals surface area contributed by atoms with Crippen molar-refractivity contribution in [3.63, 3.8) is 0 Å². The van der Waals surface area contributed by atoms with Crippen LogP contribution in [0.25, 0.3) is 0 Å². The van der Waals surface area contributed by atoms with Crippen LogP contribution < -0.4 is 4.74 Å². The Hall–Kier alpha value is -3.35. The number of hydroxylamine groups is 2. The number of carbonyl (C=O) groups is 2. The van der Waals surface area contributed by atoms with Crippen LogP contribution in [0.15, 0.2) is 72.8 Å². The molecule has 0 radical (unpaired) electrons. The number of fused-ring (bicyclic) bond motifs is 1. The lowest BCUT2D eigenvalue weighted by Crippen LogP contribution is -2.47. The summed E-state index contributed by atoms with van der Waals surface area (Å²) in [4.78, 5) is 32.8. The number of hydrogen-bond acceptors (Lipinski definition) is 4. The van der Waals surface area contributed by atoms with Gasteiger partial charge in [0, 0.05) is 24.1 Å². The van der Waals surface area contributed by atoms with E-state index in [0.29, 0.717) is 35.8 Å². The molecule has 0 fully saturated rings. The first-order valence-electron chi connectivity index (χ1n) is 10.7. The van der Waals surface area contributed by atoms with Crippen molar-refractivity contribution < 1.29 is 19.2 Å². The molecule has 1 aliphatic heterocycles. The van der Waals surface area contributed by atoms with Crippen molar-refractivity contribution in [2.75, 3.05) is 13.7 Å². The molecule has 3 aromatic rings. The smallest absolute Gasteiger partial charge is 0.345 e. The average Bonchev–Trinajstić information content (AvgIpc) is 2.83. The Kier molecular flexibility index (Phi) is 6.96. The zero-order valence-corrected chi connectivity index (χ0v) is 19.3. The summed E-state index contributed by atoms with van der Waals surface area (Å²) in [6.45, 7) is 2.12. The number of halogens is 1. The summed E-state index contributed by atoms with van der Waals surface area (Å²) in [5.74, 6) is -0.0680. The van der Waals surface area contributed by atoms with Crippen LogP contribution in [0.3, 0.4) is 0 Å². The molecule has 1 aliphatic rings. The number of benzene rings is 3. The number of carbonyl (C=O) groups excluding carboxylic acids is 2. The molecule has 6 nitrogen and oxygen atoms in total. The molecule has 0 spiro atoms. The van der Waals surface area contributed by atoms with Crippen molar-refractivity contribution >= 4 is 23.6 Å². The lowest BCUT2D eigenvalue weighted by Gasteiger charge is -2.40. The summed E-state index contributed by atoms with van der Waals surface area (Å²) < 4.78 is 5.50. The van der Waals surface area contributed by atoms with Crippen LogP contribution in [0.1, 0.15) is 35.2 Å². The zero-order chi connectivity index (χ0) is 23.4. The average molecular weight is 465 g/mol. The number of esters is 1. The van der Waals surface area contributed by atoms with E-state index in [-0.39, 0.29) is 6.03 Å². The van der Waals surface area contributed by atoms with Crippen LogP contribution >= 0.6 is 11.6 Å². The Labute approximate surface area is 198 Å². The summed E-state index contributed by atoms with van der Waals surface area (Å²) in [6.07, 6.45) is 0.699. The molecule has 0 N–H and O–H groups in total. The standard InChI is InChI=1S/C26H25ClN2O4/c1-18(30)33-24-13-12-21(27)16-23(24)25-22-11-7-6-10-20(22)14-15-28(25)26(31)29(32-2)17-19-8-4-3-5-9-19/h3-13,16,25H,14-15,17H2,1-2H3. The predicted octanol–water partition coefficient (Wildman–Crippen LogP) is 5.40. The monoisotopic (exact) mass is 464 g/mol. The van der Waals surface area contributed by atoms with Gasteiger partial charge in [-0.25, -0.2) is 4.79 Å². The van der Waals surface area contributed by atoms with Gasteiger partial charge < -0.3 is 9.64 Å². The van der Waals surface area contributed by atoms with E-state index in [9.17, 15) is 9.59 Å². The van der Waals surface area contributed by atoms with Crippen LogP contribution in [-0.2, 0) is 22.6 Å². The van der Waals surface area contributed by atoms with Crippen LogP contribution in [0, 0.1) is 0 Å². The highest BCUT2D eigenvalue weighted by molar-refractivity contribution is 6.30. The van der Waals surface area contributed by atoms with Gasteiger partial charge in [-0.1, -0.05) is 66.2 Å². The predicted molar refractivity (Wildman–Crippen MR) is 126 cm³/mol. The minimum absolute atomic E-state index is 0.283. The largest absolute Gasteiger partial charge is 0.426 e. The lowest BCUT2D eigenvalue weighted by molar-refractivity contribution is -0.132. The van der Waals surface area contributed by atoms with Gasteiger partial charge in [0.15, 0.2) is 0 Å². The molecule has 0 saturated heterocycles. The number of urea groups is 1. The highest BCUT2D eigenvalue weighted by Gasteiger charge is 2.36. The molecule has 0 bridgehead atoms. The molecule has 0 aromatic heterocycles. The minimum Gasteiger partial charge on any atom is -0.426 e. The number of ether oxygens (including phenoxy) is 1. The van der Waals surface area contributed by atoms with Crippen molar-refractivity contribution in [2.45, 2.75) is 25.9 Å². The van der Waals surface area contributed by atoms with E-state index in [1.54, 1.807) is 23.1 Å². The zero-order valence-electron chi connectivity index (χ0n) is 18.5. The fraction of sp³-hybridized carbons (Fsp3) is 0.231. The minimum atomic E-state index is -0.496. The second kappa shape index (κ2) is 10.1. The quantitative estimate of drug-likeness (QED) is 0.288. The molecule has 0 saturated carbocycles. The van der Waals surface area contributed by atoms with E-state index in [4.69, 9.17) is 21.2 Å². The van der Waals surface area contributed by atoms with Crippen molar-refractivity contribution in [3.05, 3.63) is 100 Å². The van der Waals surface area contributed by atoms with E-state index in [1.807, 2.05) is 48.5 Å². The summed E-state index contributed by atoms with van der Waals surface area (Å²) >= 11 is 6.35. The van der Waals surface area contributed by atoms with Crippen molar-refractivity contribution in [2.24, 2.45) is 0 Å². The van der Waals surface area contributed by atoms with Gasteiger partial charge in [-0.05, 0) is 41.3 Å². The van der Waals surface area contributed by atoms with Crippen molar-refractivity contribution in [1.82, 2.24) is 9.96 Å². The molecular weight excluding hydrogens is 440 g/mol. The molecule has 7 heteroatoms. The Morgan fingerprint density at radius 2 is 1.76 bits per heavy atom. The van der Waals surface area contributed by atoms with E-state index in [2.05, 4.69) is 6.07 Å². The van der Waals surface area contributed by atoms with Gasteiger partial charge in [-0.3, -0.25) is 9.63 Å². The number of nitrogens with zero attached hydrogens (tertiary/aromatic N) is 2. The highest BCUT2D eigenvalue weighted by atomic mass is 35.5. The molecule has 1 atom stereocenters. The maximum atomic E-state index is 13.7. The van der Waals surface area contributed by atoms with E-state index >= 15 is 0 Å². The van der Waals surface area contributed by atoms with Gasteiger partial charge in [-0.15, -0.1) is 0 Å². The third-order valence-electron chi connectivity index (χ3n) is 5.65. The molecule has 4 rings (SSSR count). The number of rotatable bonds is 5. The Balaban J connectivity index is 1.77. The van der Waals surface area contributed by atoms with E-state index in [0.717, 1.165) is 16.7 Å². The molecule has 2 amide bonds. The van der Waals surface area contributed by atoms with Crippen LogP contribution in [0.2, 0.25) is 5.02 Å². The normalized spacial score (nSPS) is 15.0. The molecule has 1 unspecified atom stereocenters. The highest BCUT2D eigenvalue weighted by Crippen LogP contribution is 2.41. The summed E-state index contributed by atoms with van der Waals surface area (Å²) in [7, 11) is 1.48. The molecule has 33 heavy (non-hydrogen) atoms. The first-order valence-corrected chi connectivity index (χ1v) is 11.1. The molecular formula is C26H25ClN2O4. The summed E-state index contributed by atoms with van der Waals surface area (Å²) in [5, 5.41) is 1.83. The van der Waals surface area contributed by atoms with Crippen LogP contribution in [0.4, 0.5) is 4.79 Å². The van der Waals surface area contributed by atoms with Crippen LogP contribution in [-0.4, -0.2) is 35.6 Å². The summed E-state index contributed by atoms with van der Waals surface area (Å²) in [5.41, 5.74) is 3.69. The topological polar surface area (TPSA) is 59.1 Å². The maximum Gasteiger partial charge on any atom is 0.345 e. The fourth-order valence-corrected chi connectivity index (χ4v) is 4.37. The second-order valence-electron chi connectivity index (χ2n) is 7.81. The molecule has 1 heterocycles. The van der Waals surface area contributed by atoms with Gasteiger partial charge in [0.25, 0.3) is 0 Å². The third-order valence-corrected chi connectivity index (χ3v) is 5.89. The second-order valence-corrected chi connectivity index (χ2v) is 8.24. The Morgan fingerprint density at radius 1 is 1.03 bits per heavy atom. The first kappa shape index (κ1) is 22.8.